The lowest BCUT2D eigenvalue weighted by atomic mass is 10.1. The van der Waals surface area contributed by atoms with Gasteiger partial charge in [0.1, 0.15) is 5.76 Å². The molecule has 0 saturated carbocycles. The van der Waals surface area contributed by atoms with Gasteiger partial charge in [-0.3, -0.25) is 0 Å². The summed E-state index contributed by atoms with van der Waals surface area (Å²) < 4.78 is 7.64. The molecule has 0 unspecified atom stereocenters. The first-order valence-electron chi connectivity index (χ1n) is 6.50. The van der Waals surface area contributed by atoms with E-state index in [2.05, 4.69) is 53.5 Å². The first kappa shape index (κ1) is 11.6. The standard InChI is InChI=1S/C17H13NOS/c1-18-10-14(13-5-2-3-6-15(13)18)17-9-12(11-20-17)16-7-4-8-19-16/h2-11H,1H3. The van der Waals surface area contributed by atoms with E-state index in [4.69, 9.17) is 4.42 Å². The highest BCUT2D eigenvalue weighted by atomic mass is 32.1. The zero-order valence-electron chi connectivity index (χ0n) is 11.0. The number of aryl methyl sites for hydroxylation is 1. The third-order valence-electron chi connectivity index (χ3n) is 3.57. The molecule has 98 valence electrons. The average molecular weight is 279 g/mol. The van der Waals surface area contributed by atoms with Crippen molar-refractivity contribution >= 4 is 22.2 Å². The van der Waals surface area contributed by atoms with Gasteiger partial charge in [-0.05, 0) is 24.3 Å². The van der Waals surface area contributed by atoms with Gasteiger partial charge in [0.15, 0.2) is 0 Å². The fourth-order valence-electron chi connectivity index (χ4n) is 2.59. The van der Waals surface area contributed by atoms with Crippen LogP contribution in [0.15, 0.2) is 64.7 Å². The van der Waals surface area contributed by atoms with E-state index >= 15 is 0 Å². The minimum atomic E-state index is 0.924. The van der Waals surface area contributed by atoms with Crippen molar-refractivity contribution in [2.45, 2.75) is 0 Å². The molecule has 1 aromatic carbocycles. The Morgan fingerprint density at radius 1 is 1.10 bits per heavy atom. The fourth-order valence-corrected chi connectivity index (χ4v) is 3.51. The van der Waals surface area contributed by atoms with E-state index in [1.54, 1.807) is 17.6 Å². The van der Waals surface area contributed by atoms with Crippen LogP contribution in [0, 0.1) is 0 Å². The van der Waals surface area contributed by atoms with Crippen LogP contribution in [0.3, 0.4) is 0 Å². The number of hydrogen-bond donors (Lipinski definition) is 0. The summed E-state index contributed by atoms with van der Waals surface area (Å²) in [5.74, 6) is 0.924. The summed E-state index contributed by atoms with van der Waals surface area (Å²) in [6, 6.07) is 14.6. The molecule has 2 nitrogen and oxygen atoms in total. The highest BCUT2D eigenvalue weighted by molar-refractivity contribution is 7.14. The first-order valence-corrected chi connectivity index (χ1v) is 7.38. The minimum absolute atomic E-state index is 0.924. The molecular formula is C17H13NOS. The van der Waals surface area contributed by atoms with Crippen LogP contribution in [-0.4, -0.2) is 4.57 Å². The molecule has 3 aromatic heterocycles. The van der Waals surface area contributed by atoms with Crippen molar-refractivity contribution in [1.29, 1.82) is 0 Å². The molecule has 0 aliphatic carbocycles. The zero-order valence-corrected chi connectivity index (χ0v) is 11.9. The van der Waals surface area contributed by atoms with Crippen LogP contribution in [0.5, 0.6) is 0 Å². The van der Waals surface area contributed by atoms with Crippen LogP contribution in [0.2, 0.25) is 0 Å². The molecular weight excluding hydrogens is 266 g/mol. The molecule has 0 spiro atoms. The smallest absolute Gasteiger partial charge is 0.134 e. The summed E-state index contributed by atoms with van der Waals surface area (Å²) in [6.07, 6.45) is 3.91. The molecule has 0 bridgehead atoms. The van der Waals surface area contributed by atoms with Gasteiger partial charge in [-0.15, -0.1) is 11.3 Å². The number of fused-ring (bicyclic) bond motifs is 1. The SMILES string of the molecule is Cn1cc(-c2cc(-c3ccco3)cs2)c2ccccc21. The van der Waals surface area contributed by atoms with Gasteiger partial charge in [0.25, 0.3) is 0 Å². The monoisotopic (exact) mass is 279 g/mol. The Morgan fingerprint density at radius 2 is 2.00 bits per heavy atom. The predicted molar refractivity (Wildman–Crippen MR) is 83.9 cm³/mol. The van der Waals surface area contributed by atoms with Crippen molar-refractivity contribution in [3.63, 3.8) is 0 Å². The van der Waals surface area contributed by atoms with Gasteiger partial charge in [0.05, 0.1) is 6.26 Å². The molecule has 0 fully saturated rings. The van der Waals surface area contributed by atoms with E-state index in [0.29, 0.717) is 0 Å². The summed E-state index contributed by atoms with van der Waals surface area (Å²) in [5, 5.41) is 3.44. The topological polar surface area (TPSA) is 18.1 Å². The third-order valence-corrected chi connectivity index (χ3v) is 4.53. The Bertz CT molecular complexity index is 868. The summed E-state index contributed by atoms with van der Waals surface area (Å²) in [6.45, 7) is 0. The Hall–Kier alpha value is -2.26. The van der Waals surface area contributed by atoms with Crippen LogP contribution >= 0.6 is 11.3 Å². The molecule has 3 heteroatoms. The highest BCUT2D eigenvalue weighted by Gasteiger charge is 2.11. The van der Waals surface area contributed by atoms with Crippen LogP contribution < -0.4 is 0 Å². The van der Waals surface area contributed by atoms with E-state index in [1.807, 2.05) is 12.1 Å². The van der Waals surface area contributed by atoms with Gasteiger partial charge in [-0.25, -0.2) is 0 Å². The largest absolute Gasteiger partial charge is 0.464 e. The van der Waals surface area contributed by atoms with Crippen molar-refractivity contribution in [2.24, 2.45) is 7.05 Å². The molecule has 0 amide bonds. The number of aromatic nitrogens is 1. The lowest BCUT2D eigenvalue weighted by molar-refractivity contribution is 0.582. The predicted octanol–water partition coefficient (Wildman–Crippen LogP) is 5.17. The van der Waals surface area contributed by atoms with E-state index in [0.717, 1.165) is 11.3 Å². The number of nitrogens with zero attached hydrogens (tertiary/aromatic N) is 1. The lowest BCUT2D eigenvalue weighted by Gasteiger charge is -1.94. The lowest BCUT2D eigenvalue weighted by Crippen LogP contribution is -1.81. The van der Waals surface area contributed by atoms with E-state index < -0.39 is 0 Å². The van der Waals surface area contributed by atoms with Crippen LogP contribution in [0.4, 0.5) is 0 Å². The molecule has 3 heterocycles. The van der Waals surface area contributed by atoms with Crippen LogP contribution in [-0.2, 0) is 7.05 Å². The van der Waals surface area contributed by atoms with E-state index in [-0.39, 0.29) is 0 Å². The number of hydrogen-bond acceptors (Lipinski definition) is 2. The highest BCUT2D eigenvalue weighted by Crippen LogP contribution is 2.37. The van der Waals surface area contributed by atoms with E-state index in [9.17, 15) is 0 Å². The molecule has 0 radical (unpaired) electrons. The molecule has 0 saturated heterocycles. The molecule has 4 rings (SSSR count). The van der Waals surface area contributed by atoms with Crippen molar-refractivity contribution in [3.8, 4) is 21.8 Å². The maximum Gasteiger partial charge on any atom is 0.134 e. The zero-order chi connectivity index (χ0) is 13.5. The molecule has 20 heavy (non-hydrogen) atoms. The quantitative estimate of drug-likeness (QED) is 0.495. The second-order valence-corrected chi connectivity index (χ2v) is 5.76. The van der Waals surface area contributed by atoms with Gasteiger partial charge in [-0.1, -0.05) is 18.2 Å². The van der Waals surface area contributed by atoms with Gasteiger partial charge < -0.3 is 8.98 Å². The molecule has 4 aromatic rings. The van der Waals surface area contributed by atoms with Gasteiger partial charge in [-0.2, -0.15) is 0 Å². The fraction of sp³-hybridized carbons (Fsp3) is 0.0588. The summed E-state index contributed by atoms with van der Waals surface area (Å²) in [4.78, 5) is 1.27. The van der Waals surface area contributed by atoms with Crippen molar-refractivity contribution in [2.75, 3.05) is 0 Å². The van der Waals surface area contributed by atoms with Gasteiger partial charge in [0.2, 0.25) is 0 Å². The van der Waals surface area contributed by atoms with Crippen molar-refractivity contribution < 1.29 is 4.42 Å². The molecule has 0 aliphatic rings. The molecule has 0 aliphatic heterocycles. The number of para-hydroxylation sites is 1. The van der Waals surface area contributed by atoms with Crippen molar-refractivity contribution in [3.05, 3.63) is 60.3 Å². The third kappa shape index (κ3) is 1.71. The number of rotatable bonds is 2. The Balaban J connectivity index is 1.88. The molecule has 0 N–H and O–H groups in total. The van der Waals surface area contributed by atoms with Gasteiger partial charge >= 0.3 is 0 Å². The van der Waals surface area contributed by atoms with Crippen LogP contribution in [0.25, 0.3) is 32.7 Å². The Kier molecular flexibility index (Phi) is 2.54. The van der Waals surface area contributed by atoms with E-state index in [1.165, 1.54) is 21.3 Å². The van der Waals surface area contributed by atoms with Crippen molar-refractivity contribution in [1.82, 2.24) is 4.57 Å². The minimum Gasteiger partial charge on any atom is -0.464 e. The first-order chi connectivity index (χ1) is 9.83. The Morgan fingerprint density at radius 3 is 2.85 bits per heavy atom. The van der Waals surface area contributed by atoms with Gasteiger partial charge in [0, 0.05) is 45.5 Å². The number of thiophene rings is 1. The normalized spacial score (nSPS) is 11.2. The maximum atomic E-state index is 5.46. The molecule has 0 atom stereocenters. The van der Waals surface area contributed by atoms with Crippen LogP contribution in [0.1, 0.15) is 0 Å². The summed E-state index contributed by atoms with van der Waals surface area (Å²) in [5.41, 5.74) is 3.68. The summed E-state index contributed by atoms with van der Waals surface area (Å²) in [7, 11) is 2.09. The average Bonchev–Trinajstić information content (AvgIpc) is 3.17. The number of furan rings is 1. The second kappa shape index (κ2) is 4.39. The Labute approximate surface area is 120 Å². The second-order valence-electron chi connectivity index (χ2n) is 4.85. The summed E-state index contributed by atoms with van der Waals surface area (Å²) >= 11 is 1.76. The number of benzene rings is 1. The maximum absolute atomic E-state index is 5.46.